The van der Waals surface area contributed by atoms with Crippen molar-refractivity contribution in [1.82, 2.24) is 20.1 Å². The molecule has 0 aliphatic heterocycles. The molecule has 0 saturated heterocycles. The van der Waals surface area contributed by atoms with Crippen LogP contribution in [0.5, 0.6) is 0 Å². The third-order valence-electron chi connectivity index (χ3n) is 4.08. The smallest absolute Gasteiger partial charge is 0.262 e. The normalized spacial score (nSPS) is 11.2. The van der Waals surface area contributed by atoms with E-state index in [1.165, 1.54) is 23.7 Å². The highest BCUT2D eigenvalue weighted by Crippen LogP contribution is 2.26. The largest absolute Gasteiger partial charge is 0.467 e. The standard InChI is InChI=1S/C21H15N5O2S/c22-13-16(19(27)23-14-18-9-5-11-28-18)12-17-8-4-10-26(17)21-25-24-20(29-21)15-6-2-1-3-7-15/h1-12H,14H2,(H,23,27). The summed E-state index contributed by atoms with van der Waals surface area (Å²) in [6, 6.07) is 18.8. The molecule has 3 heterocycles. The Morgan fingerprint density at radius 1 is 1.17 bits per heavy atom. The van der Waals surface area contributed by atoms with Crippen LogP contribution in [0, 0.1) is 11.3 Å². The lowest BCUT2D eigenvalue weighted by Gasteiger charge is -2.04. The summed E-state index contributed by atoms with van der Waals surface area (Å²) in [6.45, 7) is 0.211. The second-order valence-electron chi connectivity index (χ2n) is 5.99. The minimum Gasteiger partial charge on any atom is -0.467 e. The number of benzene rings is 1. The van der Waals surface area contributed by atoms with E-state index in [1.807, 2.05) is 48.7 Å². The third kappa shape index (κ3) is 4.15. The number of rotatable bonds is 6. The van der Waals surface area contributed by atoms with Crippen molar-refractivity contribution < 1.29 is 9.21 Å². The molecule has 0 saturated carbocycles. The van der Waals surface area contributed by atoms with Gasteiger partial charge in [-0.15, -0.1) is 10.2 Å². The van der Waals surface area contributed by atoms with Gasteiger partial charge in [-0.3, -0.25) is 9.36 Å². The summed E-state index contributed by atoms with van der Waals surface area (Å²) in [4.78, 5) is 12.4. The van der Waals surface area contributed by atoms with Gasteiger partial charge in [0.15, 0.2) is 0 Å². The molecular weight excluding hydrogens is 386 g/mol. The number of nitriles is 1. The average molecular weight is 401 g/mol. The first kappa shape index (κ1) is 18.4. The number of aromatic nitrogens is 3. The Morgan fingerprint density at radius 3 is 2.79 bits per heavy atom. The SMILES string of the molecule is N#CC(=Cc1cccn1-c1nnc(-c2ccccc2)s1)C(=O)NCc1ccco1. The molecule has 4 aromatic rings. The van der Waals surface area contributed by atoms with Gasteiger partial charge in [-0.25, -0.2) is 0 Å². The molecule has 3 aromatic heterocycles. The Kier molecular flexibility index (Phi) is 5.31. The van der Waals surface area contributed by atoms with Crippen LogP contribution in [-0.4, -0.2) is 20.7 Å². The van der Waals surface area contributed by atoms with Gasteiger partial charge in [0.05, 0.1) is 12.8 Å². The minimum atomic E-state index is -0.473. The Labute approximate surface area is 170 Å². The predicted molar refractivity (Wildman–Crippen MR) is 109 cm³/mol. The number of nitrogens with one attached hydrogen (secondary N) is 1. The topological polar surface area (TPSA) is 96.7 Å². The van der Waals surface area contributed by atoms with Crippen molar-refractivity contribution in [2.45, 2.75) is 6.54 Å². The lowest BCUT2D eigenvalue weighted by Crippen LogP contribution is -2.23. The first-order valence-corrected chi connectivity index (χ1v) is 9.55. The molecule has 1 aromatic carbocycles. The Bertz CT molecular complexity index is 1180. The quantitative estimate of drug-likeness (QED) is 0.391. The molecule has 0 spiro atoms. The van der Waals surface area contributed by atoms with E-state index in [4.69, 9.17) is 4.42 Å². The van der Waals surface area contributed by atoms with E-state index in [0.29, 0.717) is 16.6 Å². The number of hydrogen-bond donors (Lipinski definition) is 1. The summed E-state index contributed by atoms with van der Waals surface area (Å²) in [5.41, 5.74) is 1.63. The zero-order valence-corrected chi connectivity index (χ0v) is 16.0. The van der Waals surface area contributed by atoms with Gasteiger partial charge in [-0.1, -0.05) is 41.7 Å². The molecular formula is C21H15N5O2S. The molecule has 1 amide bonds. The van der Waals surface area contributed by atoms with E-state index in [-0.39, 0.29) is 12.1 Å². The molecule has 0 radical (unpaired) electrons. The van der Waals surface area contributed by atoms with Gasteiger partial charge in [0.1, 0.15) is 22.4 Å². The van der Waals surface area contributed by atoms with E-state index in [1.54, 1.807) is 22.8 Å². The van der Waals surface area contributed by atoms with E-state index in [2.05, 4.69) is 15.5 Å². The van der Waals surface area contributed by atoms with Crippen molar-refractivity contribution in [2.75, 3.05) is 0 Å². The fraction of sp³-hybridized carbons (Fsp3) is 0.0476. The van der Waals surface area contributed by atoms with E-state index in [9.17, 15) is 10.1 Å². The van der Waals surface area contributed by atoms with Gasteiger partial charge in [-0.2, -0.15) is 5.26 Å². The lowest BCUT2D eigenvalue weighted by atomic mass is 10.2. The van der Waals surface area contributed by atoms with E-state index in [0.717, 1.165) is 10.6 Å². The second kappa shape index (κ2) is 8.37. The molecule has 0 atom stereocenters. The summed E-state index contributed by atoms with van der Waals surface area (Å²) < 4.78 is 6.98. The second-order valence-corrected chi connectivity index (χ2v) is 6.95. The number of amides is 1. The Balaban J connectivity index is 1.56. The Morgan fingerprint density at radius 2 is 2.03 bits per heavy atom. The molecule has 142 valence electrons. The van der Waals surface area contributed by atoms with Gasteiger partial charge in [0.2, 0.25) is 5.13 Å². The average Bonchev–Trinajstić information content (AvgIpc) is 3.52. The molecule has 7 nitrogen and oxygen atoms in total. The number of furan rings is 1. The minimum absolute atomic E-state index is 0.00990. The van der Waals surface area contributed by atoms with Crippen molar-refractivity contribution in [2.24, 2.45) is 0 Å². The zero-order valence-electron chi connectivity index (χ0n) is 15.1. The number of carbonyl (C=O) groups is 1. The van der Waals surface area contributed by atoms with Crippen molar-refractivity contribution in [3.8, 4) is 21.8 Å². The molecule has 0 unspecified atom stereocenters. The van der Waals surface area contributed by atoms with Crippen LogP contribution in [0.2, 0.25) is 0 Å². The highest BCUT2D eigenvalue weighted by molar-refractivity contribution is 7.17. The Hall–Kier alpha value is -3.96. The molecule has 4 rings (SSSR count). The lowest BCUT2D eigenvalue weighted by molar-refractivity contribution is -0.117. The van der Waals surface area contributed by atoms with Gasteiger partial charge >= 0.3 is 0 Å². The van der Waals surface area contributed by atoms with Crippen LogP contribution < -0.4 is 5.32 Å². The van der Waals surface area contributed by atoms with Crippen molar-refractivity contribution in [1.29, 1.82) is 5.26 Å². The zero-order chi connectivity index (χ0) is 20.1. The number of carbonyl (C=O) groups excluding carboxylic acids is 1. The van der Waals surface area contributed by atoms with Crippen LogP contribution in [0.3, 0.4) is 0 Å². The molecule has 1 N–H and O–H groups in total. The highest BCUT2D eigenvalue weighted by Gasteiger charge is 2.13. The molecule has 0 aliphatic carbocycles. The van der Waals surface area contributed by atoms with Crippen molar-refractivity contribution >= 4 is 23.3 Å². The van der Waals surface area contributed by atoms with Gasteiger partial charge < -0.3 is 9.73 Å². The van der Waals surface area contributed by atoms with E-state index < -0.39 is 5.91 Å². The third-order valence-corrected chi connectivity index (χ3v) is 5.05. The van der Waals surface area contributed by atoms with Crippen molar-refractivity contribution in [3.63, 3.8) is 0 Å². The van der Waals surface area contributed by atoms with Crippen LogP contribution >= 0.6 is 11.3 Å². The highest BCUT2D eigenvalue weighted by atomic mass is 32.1. The van der Waals surface area contributed by atoms with Crippen LogP contribution in [0.15, 0.2) is 77.0 Å². The number of hydrogen-bond acceptors (Lipinski definition) is 6. The fourth-order valence-electron chi connectivity index (χ4n) is 2.67. The fourth-order valence-corrected chi connectivity index (χ4v) is 3.52. The van der Waals surface area contributed by atoms with Crippen LogP contribution in [0.4, 0.5) is 0 Å². The van der Waals surface area contributed by atoms with Gasteiger partial charge in [0, 0.05) is 17.5 Å². The van der Waals surface area contributed by atoms with Gasteiger partial charge in [0.25, 0.3) is 5.91 Å². The monoisotopic (exact) mass is 401 g/mol. The van der Waals surface area contributed by atoms with Crippen LogP contribution in [0.25, 0.3) is 21.8 Å². The maximum atomic E-state index is 12.4. The van der Waals surface area contributed by atoms with Gasteiger partial charge in [-0.05, 0) is 30.3 Å². The summed E-state index contributed by atoms with van der Waals surface area (Å²) in [5, 5.41) is 22.0. The summed E-state index contributed by atoms with van der Waals surface area (Å²) in [7, 11) is 0. The van der Waals surface area contributed by atoms with E-state index >= 15 is 0 Å². The van der Waals surface area contributed by atoms with Crippen LogP contribution in [-0.2, 0) is 11.3 Å². The maximum absolute atomic E-state index is 12.4. The van der Waals surface area contributed by atoms with Crippen molar-refractivity contribution in [3.05, 3.63) is 84.1 Å². The summed E-state index contributed by atoms with van der Waals surface area (Å²) in [5.74, 6) is 0.139. The molecule has 8 heteroatoms. The molecule has 0 bridgehead atoms. The van der Waals surface area contributed by atoms with Crippen LogP contribution in [0.1, 0.15) is 11.5 Å². The first-order valence-electron chi connectivity index (χ1n) is 8.73. The molecule has 29 heavy (non-hydrogen) atoms. The molecule has 0 fully saturated rings. The summed E-state index contributed by atoms with van der Waals surface area (Å²) >= 11 is 1.43. The predicted octanol–water partition coefficient (Wildman–Crippen LogP) is 3.81. The number of nitrogens with zero attached hydrogens (tertiary/aromatic N) is 4. The summed E-state index contributed by atoms with van der Waals surface area (Å²) in [6.07, 6.45) is 4.87. The first-order chi connectivity index (χ1) is 14.2. The maximum Gasteiger partial charge on any atom is 0.262 e. The molecule has 0 aliphatic rings.